The number of fused-ring (bicyclic) bond motifs is 1. The normalized spacial score (nSPS) is 11.4. The Balaban J connectivity index is 1.92. The van der Waals surface area contributed by atoms with Crippen LogP contribution in [0, 0.1) is 0 Å². The van der Waals surface area contributed by atoms with E-state index in [0.717, 1.165) is 12.1 Å². The van der Waals surface area contributed by atoms with Crippen molar-refractivity contribution in [1.29, 1.82) is 0 Å². The molecule has 9 heteroatoms. The van der Waals surface area contributed by atoms with Crippen molar-refractivity contribution < 1.29 is 22.7 Å². The molecule has 0 spiro atoms. The van der Waals surface area contributed by atoms with E-state index in [-0.39, 0.29) is 22.3 Å². The SMILES string of the molecule is COc1nnc(Cl)c2cc(C(=O)Nc3cccc(C(F)(F)F)c3)ccc12. The first kappa shape index (κ1) is 17.9. The lowest BCUT2D eigenvalue weighted by atomic mass is 10.1. The maximum atomic E-state index is 12.8. The molecule has 0 aliphatic rings. The first-order valence-electron chi connectivity index (χ1n) is 7.28. The van der Waals surface area contributed by atoms with Crippen LogP contribution >= 0.6 is 11.6 Å². The van der Waals surface area contributed by atoms with Crippen molar-refractivity contribution >= 4 is 34.0 Å². The number of amides is 1. The average Bonchev–Trinajstić information content (AvgIpc) is 2.61. The second-order valence-corrected chi connectivity index (χ2v) is 5.65. The number of anilines is 1. The van der Waals surface area contributed by atoms with Gasteiger partial charge in [0.25, 0.3) is 5.91 Å². The standard InChI is InChI=1S/C17H11ClF3N3O2/c1-26-16-12-6-5-9(7-13(12)14(18)23-24-16)15(25)22-11-4-2-3-10(8-11)17(19,20)21/h2-8H,1H3,(H,22,25). The molecular weight excluding hydrogens is 371 g/mol. The Kier molecular flexibility index (Phi) is 4.69. The number of nitrogens with one attached hydrogen (secondary N) is 1. The van der Waals surface area contributed by atoms with Crippen molar-refractivity contribution in [3.8, 4) is 5.88 Å². The zero-order chi connectivity index (χ0) is 18.9. The number of benzene rings is 2. The molecule has 0 fully saturated rings. The molecule has 0 atom stereocenters. The van der Waals surface area contributed by atoms with Crippen LogP contribution in [0.3, 0.4) is 0 Å². The second-order valence-electron chi connectivity index (χ2n) is 5.29. The lowest BCUT2D eigenvalue weighted by Gasteiger charge is -2.11. The smallest absolute Gasteiger partial charge is 0.416 e. The number of methoxy groups -OCH3 is 1. The molecule has 0 aliphatic carbocycles. The molecule has 3 aromatic rings. The van der Waals surface area contributed by atoms with Gasteiger partial charge >= 0.3 is 6.18 Å². The molecule has 0 bridgehead atoms. The fourth-order valence-corrected chi connectivity index (χ4v) is 2.56. The van der Waals surface area contributed by atoms with Crippen molar-refractivity contribution in [1.82, 2.24) is 10.2 Å². The van der Waals surface area contributed by atoms with Crippen LogP contribution < -0.4 is 10.1 Å². The molecular formula is C17H11ClF3N3O2. The Morgan fingerprint density at radius 1 is 1.12 bits per heavy atom. The fourth-order valence-electron chi connectivity index (χ4n) is 2.37. The molecule has 0 saturated heterocycles. The maximum absolute atomic E-state index is 12.8. The van der Waals surface area contributed by atoms with Gasteiger partial charge in [-0.05, 0) is 36.4 Å². The van der Waals surface area contributed by atoms with E-state index >= 15 is 0 Å². The molecule has 1 N–H and O–H groups in total. The zero-order valence-electron chi connectivity index (χ0n) is 13.3. The number of halogens is 4. The van der Waals surface area contributed by atoms with Crippen LogP contribution in [-0.2, 0) is 6.18 Å². The molecule has 1 amide bonds. The average molecular weight is 382 g/mol. The van der Waals surface area contributed by atoms with Crippen LogP contribution in [0.5, 0.6) is 5.88 Å². The molecule has 26 heavy (non-hydrogen) atoms. The number of carbonyl (C=O) groups excluding carboxylic acids is 1. The Morgan fingerprint density at radius 3 is 2.58 bits per heavy atom. The van der Waals surface area contributed by atoms with Crippen molar-refractivity contribution in [3.63, 3.8) is 0 Å². The second kappa shape index (κ2) is 6.80. The minimum Gasteiger partial charge on any atom is -0.479 e. The van der Waals surface area contributed by atoms with E-state index in [1.165, 1.54) is 31.4 Å². The van der Waals surface area contributed by atoms with Crippen molar-refractivity contribution in [3.05, 3.63) is 58.7 Å². The summed E-state index contributed by atoms with van der Waals surface area (Å²) >= 11 is 6.01. The van der Waals surface area contributed by atoms with E-state index in [9.17, 15) is 18.0 Å². The summed E-state index contributed by atoms with van der Waals surface area (Å²) < 4.78 is 43.4. The van der Waals surface area contributed by atoms with Gasteiger partial charge in [0.15, 0.2) is 5.15 Å². The van der Waals surface area contributed by atoms with E-state index in [0.29, 0.717) is 10.8 Å². The molecule has 0 radical (unpaired) electrons. The number of rotatable bonds is 3. The van der Waals surface area contributed by atoms with Gasteiger partial charge in [-0.15, -0.1) is 10.2 Å². The Morgan fingerprint density at radius 2 is 1.88 bits per heavy atom. The molecule has 134 valence electrons. The lowest BCUT2D eigenvalue weighted by Crippen LogP contribution is -2.13. The van der Waals surface area contributed by atoms with E-state index in [1.54, 1.807) is 6.07 Å². The number of hydrogen-bond acceptors (Lipinski definition) is 4. The molecule has 2 aromatic carbocycles. The summed E-state index contributed by atoms with van der Waals surface area (Å²) in [5.74, 6) is -0.340. The summed E-state index contributed by atoms with van der Waals surface area (Å²) in [6.45, 7) is 0. The fraction of sp³-hybridized carbons (Fsp3) is 0.118. The number of aromatic nitrogens is 2. The highest BCUT2D eigenvalue weighted by molar-refractivity contribution is 6.34. The van der Waals surface area contributed by atoms with E-state index in [1.807, 2.05) is 0 Å². The highest BCUT2D eigenvalue weighted by Crippen LogP contribution is 2.31. The first-order valence-corrected chi connectivity index (χ1v) is 7.66. The van der Waals surface area contributed by atoms with Crippen LogP contribution in [-0.4, -0.2) is 23.2 Å². The predicted octanol–water partition coefficient (Wildman–Crippen LogP) is 4.56. The minimum absolute atomic E-state index is 0.0291. The van der Waals surface area contributed by atoms with Crippen LogP contribution in [0.1, 0.15) is 15.9 Å². The number of nitrogens with zero attached hydrogens (tertiary/aromatic N) is 2. The molecule has 0 aliphatic heterocycles. The number of alkyl halides is 3. The zero-order valence-corrected chi connectivity index (χ0v) is 14.0. The third-order valence-electron chi connectivity index (χ3n) is 3.60. The largest absolute Gasteiger partial charge is 0.479 e. The summed E-state index contributed by atoms with van der Waals surface area (Å²) in [4.78, 5) is 12.4. The molecule has 1 heterocycles. The van der Waals surface area contributed by atoms with Crippen molar-refractivity contribution in [2.75, 3.05) is 12.4 Å². The van der Waals surface area contributed by atoms with Gasteiger partial charge in [-0.1, -0.05) is 17.7 Å². The van der Waals surface area contributed by atoms with Gasteiger partial charge in [0.05, 0.1) is 12.7 Å². The summed E-state index contributed by atoms with van der Waals surface area (Å²) in [7, 11) is 1.42. The Hall–Kier alpha value is -2.87. The van der Waals surface area contributed by atoms with Gasteiger partial charge in [-0.2, -0.15) is 13.2 Å². The third-order valence-corrected chi connectivity index (χ3v) is 3.88. The van der Waals surface area contributed by atoms with Gasteiger partial charge in [-0.25, -0.2) is 0 Å². The molecule has 0 unspecified atom stereocenters. The number of ether oxygens (including phenoxy) is 1. The van der Waals surface area contributed by atoms with Crippen LogP contribution in [0.4, 0.5) is 18.9 Å². The highest BCUT2D eigenvalue weighted by atomic mass is 35.5. The van der Waals surface area contributed by atoms with Crippen LogP contribution in [0.15, 0.2) is 42.5 Å². The van der Waals surface area contributed by atoms with Crippen LogP contribution in [0.25, 0.3) is 10.8 Å². The van der Waals surface area contributed by atoms with E-state index in [4.69, 9.17) is 16.3 Å². The van der Waals surface area contributed by atoms with Gasteiger partial charge in [0.2, 0.25) is 5.88 Å². The van der Waals surface area contributed by atoms with Gasteiger partial charge in [0.1, 0.15) is 0 Å². The summed E-state index contributed by atoms with van der Waals surface area (Å²) in [5, 5.41) is 11.0. The summed E-state index contributed by atoms with van der Waals surface area (Å²) in [6.07, 6.45) is -4.49. The van der Waals surface area contributed by atoms with Gasteiger partial charge < -0.3 is 10.1 Å². The minimum atomic E-state index is -4.49. The highest BCUT2D eigenvalue weighted by Gasteiger charge is 2.30. The number of hydrogen-bond donors (Lipinski definition) is 1. The molecule has 0 saturated carbocycles. The van der Waals surface area contributed by atoms with Gasteiger partial charge in [-0.3, -0.25) is 4.79 Å². The van der Waals surface area contributed by atoms with Crippen molar-refractivity contribution in [2.45, 2.75) is 6.18 Å². The lowest BCUT2D eigenvalue weighted by molar-refractivity contribution is -0.137. The van der Waals surface area contributed by atoms with E-state index < -0.39 is 17.6 Å². The quantitative estimate of drug-likeness (QED) is 0.722. The third kappa shape index (κ3) is 3.55. The monoisotopic (exact) mass is 381 g/mol. The maximum Gasteiger partial charge on any atom is 0.416 e. The van der Waals surface area contributed by atoms with E-state index in [2.05, 4.69) is 15.5 Å². The summed E-state index contributed by atoms with van der Waals surface area (Å²) in [5.41, 5.74) is -0.620. The molecule has 5 nitrogen and oxygen atoms in total. The van der Waals surface area contributed by atoms with Crippen molar-refractivity contribution in [2.24, 2.45) is 0 Å². The Bertz CT molecular complexity index is 993. The topological polar surface area (TPSA) is 64.1 Å². The molecule has 3 rings (SSSR count). The molecule has 1 aromatic heterocycles. The van der Waals surface area contributed by atoms with Crippen LogP contribution in [0.2, 0.25) is 5.15 Å². The first-order chi connectivity index (χ1) is 12.3. The summed E-state index contributed by atoms with van der Waals surface area (Å²) in [6, 6.07) is 8.92. The Labute approximate surface area is 150 Å². The number of carbonyl (C=O) groups is 1. The van der Waals surface area contributed by atoms with Gasteiger partial charge in [0, 0.05) is 22.0 Å². The predicted molar refractivity (Wildman–Crippen MR) is 90.5 cm³/mol.